The van der Waals surface area contributed by atoms with Gasteiger partial charge in [0, 0.05) is 32.8 Å². The lowest BCUT2D eigenvalue weighted by molar-refractivity contribution is -0.115. The molecule has 0 spiro atoms. The normalized spacial score (nSPS) is 11.8. The zero-order chi connectivity index (χ0) is 31.8. The molecule has 226 valence electrons. The second-order valence-corrected chi connectivity index (χ2v) is 12.1. The summed E-state index contributed by atoms with van der Waals surface area (Å²) in [4.78, 5) is 39.9. The van der Waals surface area contributed by atoms with E-state index in [4.69, 9.17) is 27.6 Å². The molecule has 5 aromatic rings. The molecule has 7 nitrogen and oxygen atoms in total. The number of thioether (sulfide) groups is 1. The fourth-order valence-electron chi connectivity index (χ4n) is 4.17. The second kappa shape index (κ2) is 14.8. The van der Waals surface area contributed by atoms with Gasteiger partial charge in [-0.05, 0) is 73.7 Å². The number of hydrogen-bond donors (Lipinski definition) is 3. The summed E-state index contributed by atoms with van der Waals surface area (Å²) in [5, 5.41) is 8.74. The van der Waals surface area contributed by atoms with Crippen molar-refractivity contribution in [1.29, 1.82) is 0 Å². The van der Waals surface area contributed by atoms with Gasteiger partial charge in [-0.3, -0.25) is 14.4 Å². The summed E-state index contributed by atoms with van der Waals surface area (Å²) >= 11 is 13.5. The van der Waals surface area contributed by atoms with Gasteiger partial charge in [-0.1, -0.05) is 71.7 Å². The van der Waals surface area contributed by atoms with E-state index in [0.29, 0.717) is 38.5 Å². The molecule has 0 saturated carbocycles. The van der Waals surface area contributed by atoms with Gasteiger partial charge in [0.05, 0.1) is 16.0 Å². The fraction of sp³-hybridized carbons (Fsp3) is 0.0571. The lowest BCUT2D eigenvalue weighted by atomic mass is 10.2. The highest BCUT2D eigenvalue weighted by Gasteiger charge is 2.18. The van der Waals surface area contributed by atoms with Crippen molar-refractivity contribution in [1.82, 2.24) is 5.32 Å². The van der Waals surface area contributed by atoms with Crippen molar-refractivity contribution in [2.24, 2.45) is 0 Å². The topological polar surface area (TPSA) is 100 Å². The van der Waals surface area contributed by atoms with Crippen molar-refractivity contribution in [2.45, 2.75) is 17.1 Å². The van der Waals surface area contributed by atoms with Crippen LogP contribution in [-0.2, 0) is 9.59 Å². The van der Waals surface area contributed by atoms with E-state index in [1.54, 1.807) is 91.9 Å². The van der Waals surface area contributed by atoms with Crippen molar-refractivity contribution in [3.63, 3.8) is 0 Å². The molecule has 5 rings (SSSR count). The predicted octanol–water partition coefficient (Wildman–Crippen LogP) is 8.78. The Kier molecular flexibility index (Phi) is 10.4. The maximum Gasteiger partial charge on any atom is 0.272 e. The zero-order valence-corrected chi connectivity index (χ0v) is 26.2. The molecule has 0 saturated heterocycles. The third kappa shape index (κ3) is 8.67. The summed E-state index contributed by atoms with van der Waals surface area (Å²) in [6, 6.07) is 33.6. The Balaban J connectivity index is 1.27. The van der Waals surface area contributed by atoms with Crippen LogP contribution in [0.4, 0.5) is 11.4 Å². The van der Waals surface area contributed by atoms with Crippen LogP contribution in [0, 0.1) is 0 Å². The van der Waals surface area contributed by atoms with Crippen molar-refractivity contribution < 1.29 is 18.8 Å². The third-order valence-corrected chi connectivity index (χ3v) is 8.14. The molecule has 1 atom stereocenters. The number of benzene rings is 4. The van der Waals surface area contributed by atoms with Crippen LogP contribution in [0.3, 0.4) is 0 Å². The molecule has 0 bridgehead atoms. The minimum Gasteiger partial charge on any atom is -0.457 e. The minimum atomic E-state index is -0.537. The molecule has 45 heavy (non-hydrogen) atoms. The molecular weight excluding hydrogens is 629 g/mol. The quantitative estimate of drug-likeness (QED) is 0.103. The average molecular weight is 657 g/mol. The van der Waals surface area contributed by atoms with Gasteiger partial charge in [0.25, 0.3) is 11.8 Å². The smallest absolute Gasteiger partial charge is 0.272 e. The van der Waals surface area contributed by atoms with Crippen molar-refractivity contribution >= 4 is 70.1 Å². The standard InChI is InChI=1S/C35H27Cl2N3O4S/c1-22(33(41)39-30-18-12-25(36)20-29(30)37)45-28-16-13-26(14-17-28)38-35(43)31(40-34(42)24-10-6-3-7-11-24)21-27-15-19-32(44-27)23-8-4-2-5-9-23/h2-22H,1H3,(H,38,43)(H,39,41)(H,40,42)/b31-21+/t22-/m1/s1. The van der Waals surface area contributed by atoms with E-state index in [-0.39, 0.29) is 11.6 Å². The molecule has 10 heteroatoms. The molecule has 0 aliphatic heterocycles. The molecule has 3 N–H and O–H groups in total. The summed E-state index contributed by atoms with van der Waals surface area (Å²) in [5.74, 6) is -0.177. The number of hydrogen-bond acceptors (Lipinski definition) is 5. The molecule has 4 aromatic carbocycles. The molecule has 0 aliphatic rings. The first-order valence-corrected chi connectivity index (χ1v) is 15.5. The molecule has 0 fully saturated rings. The largest absolute Gasteiger partial charge is 0.457 e. The van der Waals surface area contributed by atoms with Crippen molar-refractivity contribution in [2.75, 3.05) is 10.6 Å². The number of nitrogens with one attached hydrogen (secondary N) is 3. The van der Waals surface area contributed by atoms with E-state index in [0.717, 1.165) is 10.5 Å². The predicted molar refractivity (Wildman–Crippen MR) is 182 cm³/mol. The Morgan fingerprint density at radius 2 is 1.49 bits per heavy atom. The lowest BCUT2D eigenvalue weighted by Crippen LogP contribution is -2.30. The van der Waals surface area contributed by atoms with Gasteiger partial charge in [0.2, 0.25) is 5.91 Å². The van der Waals surface area contributed by atoms with Crippen LogP contribution in [0.1, 0.15) is 23.0 Å². The first kappa shape index (κ1) is 31.7. The van der Waals surface area contributed by atoms with E-state index in [2.05, 4.69) is 16.0 Å². The van der Waals surface area contributed by atoms with Crippen LogP contribution in [-0.4, -0.2) is 23.0 Å². The molecule has 1 heterocycles. The summed E-state index contributed by atoms with van der Waals surface area (Å²) in [7, 11) is 0. The van der Waals surface area contributed by atoms with Crippen LogP contribution in [0.25, 0.3) is 17.4 Å². The maximum atomic E-state index is 13.4. The van der Waals surface area contributed by atoms with E-state index >= 15 is 0 Å². The first-order chi connectivity index (χ1) is 21.7. The molecule has 3 amide bonds. The second-order valence-electron chi connectivity index (χ2n) is 9.80. The highest BCUT2D eigenvalue weighted by molar-refractivity contribution is 8.00. The zero-order valence-electron chi connectivity index (χ0n) is 23.9. The van der Waals surface area contributed by atoms with Crippen molar-refractivity contribution in [3.05, 3.63) is 142 Å². The summed E-state index contributed by atoms with van der Waals surface area (Å²) in [5.41, 5.74) is 2.26. The first-order valence-electron chi connectivity index (χ1n) is 13.8. The van der Waals surface area contributed by atoms with Gasteiger partial charge < -0.3 is 20.4 Å². The highest BCUT2D eigenvalue weighted by Crippen LogP contribution is 2.29. The summed E-state index contributed by atoms with van der Waals surface area (Å²) in [6.45, 7) is 1.78. The van der Waals surface area contributed by atoms with Crippen LogP contribution in [0.2, 0.25) is 10.0 Å². The molecular formula is C35H27Cl2N3O4S. The number of anilines is 2. The monoisotopic (exact) mass is 655 g/mol. The lowest BCUT2D eigenvalue weighted by Gasteiger charge is -2.14. The van der Waals surface area contributed by atoms with Gasteiger partial charge in [-0.15, -0.1) is 11.8 Å². The Labute approximate surface area is 274 Å². The Bertz CT molecular complexity index is 1840. The Morgan fingerprint density at radius 1 is 0.800 bits per heavy atom. The van der Waals surface area contributed by atoms with Crippen LogP contribution in [0.5, 0.6) is 0 Å². The Hall–Kier alpha value is -4.76. The van der Waals surface area contributed by atoms with Crippen LogP contribution < -0.4 is 16.0 Å². The molecule has 1 aromatic heterocycles. The van der Waals surface area contributed by atoms with Gasteiger partial charge >= 0.3 is 0 Å². The number of furan rings is 1. The molecule has 0 radical (unpaired) electrons. The fourth-order valence-corrected chi connectivity index (χ4v) is 5.49. The number of carbonyl (C=O) groups excluding carboxylic acids is 3. The van der Waals surface area contributed by atoms with Crippen molar-refractivity contribution in [3.8, 4) is 11.3 Å². The summed E-state index contributed by atoms with van der Waals surface area (Å²) in [6.07, 6.45) is 1.49. The third-order valence-electron chi connectivity index (χ3n) is 6.48. The van der Waals surface area contributed by atoms with E-state index in [9.17, 15) is 14.4 Å². The molecule has 0 unspecified atom stereocenters. The number of rotatable bonds is 10. The van der Waals surface area contributed by atoms with E-state index in [1.165, 1.54) is 17.8 Å². The Morgan fingerprint density at radius 3 is 2.18 bits per heavy atom. The SMILES string of the molecule is C[C@@H](Sc1ccc(NC(=O)/C(=C\c2ccc(-c3ccccc3)o2)NC(=O)c2ccccc2)cc1)C(=O)Nc1ccc(Cl)cc1Cl. The summed E-state index contributed by atoms with van der Waals surface area (Å²) < 4.78 is 5.95. The van der Waals surface area contributed by atoms with E-state index < -0.39 is 17.1 Å². The van der Waals surface area contributed by atoms with Gasteiger partial charge in [0.1, 0.15) is 17.2 Å². The minimum absolute atomic E-state index is 0.00224. The van der Waals surface area contributed by atoms with Gasteiger partial charge in [-0.25, -0.2) is 0 Å². The van der Waals surface area contributed by atoms with Gasteiger partial charge in [0.15, 0.2) is 0 Å². The van der Waals surface area contributed by atoms with Crippen LogP contribution >= 0.6 is 35.0 Å². The average Bonchev–Trinajstić information content (AvgIpc) is 3.52. The molecule has 0 aliphatic carbocycles. The number of carbonyl (C=O) groups is 3. The number of amides is 3. The highest BCUT2D eigenvalue weighted by atomic mass is 35.5. The van der Waals surface area contributed by atoms with Crippen LogP contribution in [0.15, 0.2) is 130 Å². The number of halogens is 2. The van der Waals surface area contributed by atoms with Gasteiger partial charge in [-0.2, -0.15) is 0 Å². The maximum absolute atomic E-state index is 13.4. The van der Waals surface area contributed by atoms with E-state index in [1.807, 2.05) is 30.3 Å².